The maximum absolute atomic E-state index is 12.3. The van der Waals surface area contributed by atoms with Gasteiger partial charge in [0.25, 0.3) is 0 Å². The molecule has 0 aromatic rings. The van der Waals surface area contributed by atoms with Crippen molar-refractivity contribution in [1.29, 1.82) is 0 Å². The van der Waals surface area contributed by atoms with Gasteiger partial charge >= 0.3 is 6.09 Å². The van der Waals surface area contributed by atoms with Gasteiger partial charge in [0.1, 0.15) is 11.6 Å². The average molecular weight is 339 g/mol. The number of piperidine rings is 1. The van der Waals surface area contributed by atoms with Crippen LogP contribution in [0.1, 0.15) is 46.5 Å². The van der Waals surface area contributed by atoms with Crippen LogP contribution in [0.5, 0.6) is 0 Å². The third-order valence-corrected chi connectivity index (χ3v) is 4.47. The zero-order valence-electron chi connectivity index (χ0n) is 15.1. The molecule has 2 saturated heterocycles. The number of amides is 3. The number of nitrogens with zero attached hydrogens (tertiary/aromatic N) is 2. The van der Waals surface area contributed by atoms with Crippen LogP contribution in [0.15, 0.2) is 0 Å². The molecule has 1 unspecified atom stereocenters. The van der Waals surface area contributed by atoms with Gasteiger partial charge in [0, 0.05) is 33.1 Å². The van der Waals surface area contributed by atoms with Crippen LogP contribution < -0.4 is 5.32 Å². The zero-order chi connectivity index (χ0) is 17.9. The summed E-state index contributed by atoms with van der Waals surface area (Å²) < 4.78 is 5.39. The highest BCUT2D eigenvalue weighted by atomic mass is 16.6. The largest absolute Gasteiger partial charge is 0.444 e. The quantitative estimate of drug-likeness (QED) is 0.842. The van der Waals surface area contributed by atoms with E-state index in [1.54, 1.807) is 16.8 Å². The van der Waals surface area contributed by atoms with E-state index in [2.05, 4.69) is 5.32 Å². The Balaban J connectivity index is 1.75. The topological polar surface area (TPSA) is 79.0 Å². The fraction of sp³-hybridized carbons (Fsp3) is 0.824. The summed E-state index contributed by atoms with van der Waals surface area (Å²) in [6.07, 6.45) is 2.46. The van der Waals surface area contributed by atoms with Crippen LogP contribution in [0.3, 0.4) is 0 Å². The monoisotopic (exact) mass is 339 g/mol. The minimum atomic E-state index is -0.480. The number of carbonyl (C=O) groups is 3. The molecule has 2 fully saturated rings. The highest BCUT2D eigenvalue weighted by Crippen LogP contribution is 2.21. The summed E-state index contributed by atoms with van der Waals surface area (Å²) in [6.45, 7) is 7.55. The summed E-state index contributed by atoms with van der Waals surface area (Å²) in [5, 5.41) is 2.72. The van der Waals surface area contributed by atoms with Gasteiger partial charge in [0.05, 0.1) is 0 Å². The van der Waals surface area contributed by atoms with Crippen LogP contribution in [0.25, 0.3) is 0 Å². The van der Waals surface area contributed by atoms with Gasteiger partial charge in [-0.15, -0.1) is 0 Å². The molecule has 0 spiro atoms. The number of ether oxygens (including phenoxy) is 1. The molecule has 2 aliphatic heterocycles. The molecule has 1 atom stereocenters. The fourth-order valence-electron chi connectivity index (χ4n) is 3.17. The van der Waals surface area contributed by atoms with Gasteiger partial charge in [0.2, 0.25) is 11.8 Å². The first-order chi connectivity index (χ1) is 11.2. The lowest BCUT2D eigenvalue weighted by Gasteiger charge is -2.35. The van der Waals surface area contributed by atoms with E-state index in [9.17, 15) is 14.4 Å². The highest BCUT2D eigenvalue weighted by Gasteiger charge is 2.32. The van der Waals surface area contributed by atoms with E-state index in [0.29, 0.717) is 38.4 Å². The Kier molecular flexibility index (Phi) is 5.72. The molecule has 0 bridgehead atoms. The number of rotatable bonds is 3. The Bertz CT molecular complexity index is 493. The number of likely N-dealkylation sites (tertiary alicyclic amines) is 1. The second-order valence-corrected chi connectivity index (χ2v) is 7.79. The first-order valence-corrected chi connectivity index (χ1v) is 8.68. The molecule has 24 heavy (non-hydrogen) atoms. The van der Waals surface area contributed by atoms with Crippen molar-refractivity contribution < 1.29 is 19.1 Å². The summed E-state index contributed by atoms with van der Waals surface area (Å²) in [4.78, 5) is 39.1. The Morgan fingerprint density at radius 3 is 2.38 bits per heavy atom. The molecule has 136 valence electrons. The second kappa shape index (κ2) is 7.40. The van der Waals surface area contributed by atoms with Crippen molar-refractivity contribution in [2.24, 2.45) is 5.92 Å². The predicted octanol–water partition coefficient (Wildman–Crippen LogP) is 1.37. The third-order valence-electron chi connectivity index (χ3n) is 4.47. The zero-order valence-corrected chi connectivity index (χ0v) is 15.1. The van der Waals surface area contributed by atoms with Crippen LogP contribution in [-0.4, -0.2) is 66.0 Å². The number of carbonyl (C=O) groups excluding carboxylic acids is 3. The summed E-state index contributed by atoms with van der Waals surface area (Å²) in [6, 6.07) is -0.371. The van der Waals surface area contributed by atoms with E-state index in [4.69, 9.17) is 4.74 Å². The van der Waals surface area contributed by atoms with E-state index in [1.165, 1.54) is 0 Å². The van der Waals surface area contributed by atoms with Gasteiger partial charge in [-0.3, -0.25) is 9.59 Å². The molecule has 2 heterocycles. The minimum Gasteiger partial charge on any atom is -0.444 e. The maximum Gasteiger partial charge on any atom is 0.410 e. The van der Waals surface area contributed by atoms with Gasteiger partial charge in [-0.25, -0.2) is 4.79 Å². The van der Waals surface area contributed by atoms with E-state index in [-0.39, 0.29) is 23.9 Å². The molecule has 0 aromatic carbocycles. The highest BCUT2D eigenvalue weighted by molar-refractivity contribution is 5.90. The van der Waals surface area contributed by atoms with Crippen LogP contribution in [0, 0.1) is 5.92 Å². The summed E-state index contributed by atoms with van der Waals surface area (Å²) in [7, 11) is 1.78. The normalized spacial score (nSPS) is 22.2. The minimum absolute atomic E-state index is 0.0181. The summed E-state index contributed by atoms with van der Waals surface area (Å²) in [5.41, 5.74) is -0.480. The lowest BCUT2D eigenvalue weighted by atomic mass is 9.96. The van der Waals surface area contributed by atoms with E-state index < -0.39 is 5.60 Å². The molecule has 0 radical (unpaired) electrons. The molecular formula is C17H29N3O4. The number of hydrogen-bond donors (Lipinski definition) is 1. The SMILES string of the molecule is CN(CC1CCN(C(=O)OC(C)(C)C)CC1)C(=O)C1CCC(=O)N1. The second-order valence-electron chi connectivity index (χ2n) is 7.79. The van der Waals surface area contributed by atoms with Gasteiger partial charge in [-0.1, -0.05) is 0 Å². The Morgan fingerprint density at radius 2 is 1.88 bits per heavy atom. The van der Waals surface area contributed by atoms with Gasteiger partial charge in [-0.05, 0) is 46.0 Å². The van der Waals surface area contributed by atoms with Crippen LogP contribution >= 0.6 is 0 Å². The molecule has 2 aliphatic rings. The standard InChI is InChI=1S/C17H29N3O4/c1-17(2,3)24-16(23)20-9-7-12(8-10-20)11-19(4)15(22)13-5-6-14(21)18-13/h12-13H,5-11H2,1-4H3,(H,18,21). The van der Waals surface area contributed by atoms with E-state index in [1.807, 2.05) is 20.8 Å². The van der Waals surface area contributed by atoms with Gasteiger partial charge in [-0.2, -0.15) is 0 Å². The molecular weight excluding hydrogens is 310 g/mol. The lowest BCUT2D eigenvalue weighted by molar-refractivity contribution is -0.133. The number of nitrogens with one attached hydrogen (secondary N) is 1. The van der Waals surface area contributed by atoms with Crippen LogP contribution in [0.2, 0.25) is 0 Å². The molecule has 3 amide bonds. The van der Waals surface area contributed by atoms with Crippen molar-refractivity contribution in [3.8, 4) is 0 Å². The van der Waals surface area contributed by atoms with Crippen molar-refractivity contribution in [2.45, 2.75) is 58.1 Å². The molecule has 1 N–H and O–H groups in total. The first-order valence-electron chi connectivity index (χ1n) is 8.68. The van der Waals surface area contributed by atoms with Crippen LogP contribution in [0.4, 0.5) is 4.79 Å². The maximum atomic E-state index is 12.3. The van der Waals surface area contributed by atoms with Crippen molar-refractivity contribution in [1.82, 2.24) is 15.1 Å². The number of hydrogen-bond acceptors (Lipinski definition) is 4. The Hall–Kier alpha value is -1.79. The van der Waals surface area contributed by atoms with Crippen molar-refractivity contribution in [3.05, 3.63) is 0 Å². The molecule has 2 rings (SSSR count). The molecule has 0 aromatic heterocycles. The van der Waals surface area contributed by atoms with E-state index >= 15 is 0 Å². The number of likely N-dealkylation sites (N-methyl/N-ethyl adjacent to an activating group) is 1. The van der Waals surface area contributed by atoms with Crippen molar-refractivity contribution >= 4 is 17.9 Å². The molecule has 7 heteroatoms. The lowest BCUT2D eigenvalue weighted by Crippen LogP contribution is -2.47. The van der Waals surface area contributed by atoms with Gasteiger partial charge in [0.15, 0.2) is 0 Å². The van der Waals surface area contributed by atoms with Gasteiger partial charge < -0.3 is 19.9 Å². The predicted molar refractivity (Wildman–Crippen MR) is 89.3 cm³/mol. The average Bonchev–Trinajstić information content (AvgIpc) is 2.92. The summed E-state index contributed by atoms with van der Waals surface area (Å²) >= 11 is 0. The Labute approximate surface area is 143 Å². The molecule has 0 aliphatic carbocycles. The van der Waals surface area contributed by atoms with Crippen molar-refractivity contribution in [3.63, 3.8) is 0 Å². The van der Waals surface area contributed by atoms with Crippen LogP contribution in [-0.2, 0) is 14.3 Å². The summed E-state index contributed by atoms with van der Waals surface area (Å²) in [5.74, 6) is 0.303. The van der Waals surface area contributed by atoms with Crippen molar-refractivity contribution in [2.75, 3.05) is 26.7 Å². The third kappa shape index (κ3) is 5.11. The first kappa shape index (κ1) is 18.5. The fourth-order valence-corrected chi connectivity index (χ4v) is 3.17. The Morgan fingerprint density at radius 1 is 1.25 bits per heavy atom. The molecule has 0 saturated carbocycles. The van der Waals surface area contributed by atoms with E-state index in [0.717, 1.165) is 12.8 Å². The smallest absolute Gasteiger partial charge is 0.410 e. The molecule has 7 nitrogen and oxygen atoms in total.